The third kappa shape index (κ3) is 5.88. The van der Waals surface area contributed by atoms with Gasteiger partial charge in [0.2, 0.25) is 5.91 Å². The lowest BCUT2D eigenvalue weighted by Crippen LogP contribution is -2.46. The van der Waals surface area contributed by atoms with Crippen LogP contribution in [0.3, 0.4) is 0 Å². The Morgan fingerprint density at radius 3 is 2.53 bits per heavy atom. The fourth-order valence-electron chi connectivity index (χ4n) is 2.00. The summed E-state index contributed by atoms with van der Waals surface area (Å²) in [4.78, 5) is 12.0. The zero-order valence-corrected chi connectivity index (χ0v) is 12.3. The largest absolute Gasteiger partial charge is 0.351 e. The Balaban J connectivity index is 2.45. The van der Waals surface area contributed by atoms with Gasteiger partial charge in [-0.3, -0.25) is 4.79 Å². The number of carbonyl (C=O) groups is 1. The number of hydrogen-bond donors (Lipinski definition) is 2. The van der Waals surface area contributed by atoms with E-state index in [1.165, 1.54) is 5.56 Å². The van der Waals surface area contributed by atoms with Crippen LogP contribution in [0, 0.1) is 5.92 Å². The van der Waals surface area contributed by atoms with Crippen LogP contribution in [-0.4, -0.2) is 18.0 Å². The van der Waals surface area contributed by atoms with Crippen LogP contribution in [0.2, 0.25) is 0 Å². The molecule has 1 amide bonds. The molecule has 1 aromatic rings. The summed E-state index contributed by atoms with van der Waals surface area (Å²) in [6.45, 7) is 6.63. The van der Waals surface area contributed by atoms with Gasteiger partial charge in [0.25, 0.3) is 0 Å². The molecule has 0 spiro atoms. The van der Waals surface area contributed by atoms with Gasteiger partial charge in [-0.15, -0.1) is 0 Å². The molecule has 1 aromatic carbocycles. The average Bonchev–Trinajstić information content (AvgIpc) is 2.37. The maximum absolute atomic E-state index is 12.0. The molecule has 0 fully saturated rings. The van der Waals surface area contributed by atoms with E-state index in [0.29, 0.717) is 6.54 Å². The molecule has 1 rings (SSSR count). The maximum atomic E-state index is 12.0. The molecule has 106 valence electrons. The van der Waals surface area contributed by atoms with Crippen molar-refractivity contribution < 1.29 is 4.79 Å². The minimum atomic E-state index is -0.185. The van der Waals surface area contributed by atoms with Crippen molar-refractivity contribution in [3.63, 3.8) is 0 Å². The number of nitrogens with two attached hydrogens (primary N) is 1. The number of hydrogen-bond acceptors (Lipinski definition) is 2. The lowest BCUT2D eigenvalue weighted by atomic mass is 9.94. The molecule has 0 heterocycles. The van der Waals surface area contributed by atoms with Crippen molar-refractivity contribution in [3.05, 3.63) is 35.9 Å². The Bertz CT molecular complexity index is 387. The molecule has 0 radical (unpaired) electrons. The van der Waals surface area contributed by atoms with Crippen LogP contribution in [-0.2, 0) is 11.2 Å². The van der Waals surface area contributed by atoms with Gasteiger partial charge in [0.1, 0.15) is 0 Å². The molecule has 3 nitrogen and oxygen atoms in total. The zero-order chi connectivity index (χ0) is 14.3. The Kier molecular flexibility index (Phi) is 6.03. The van der Waals surface area contributed by atoms with E-state index in [4.69, 9.17) is 5.73 Å². The van der Waals surface area contributed by atoms with Crippen LogP contribution in [0.4, 0.5) is 0 Å². The van der Waals surface area contributed by atoms with E-state index < -0.39 is 0 Å². The number of aryl methyl sites for hydroxylation is 1. The van der Waals surface area contributed by atoms with Crippen molar-refractivity contribution in [2.24, 2.45) is 11.7 Å². The van der Waals surface area contributed by atoms with E-state index in [0.717, 1.165) is 19.3 Å². The highest BCUT2D eigenvalue weighted by molar-refractivity contribution is 5.78. The van der Waals surface area contributed by atoms with Crippen LogP contribution in [0.25, 0.3) is 0 Å². The number of carbonyl (C=O) groups excluding carboxylic acids is 1. The molecule has 1 atom stereocenters. The number of amides is 1. The first-order chi connectivity index (χ1) is 8.94. The topological polar surface area (TPSA) is 55.1 Å². The number of nitrogens with one attached hydrogen (secondary N) is 1. The predicted octanol–water partition coefficient (Wildman–Crippen LogP) is 2.50. The summed E-state index contributed by atoms with van der Waals surface area (Å²) in [6, 6.07) is 10.4. The van der Waals surface area contributed by atoms with Crippen LogP contribution < -0.4 is 11.1 Å². The van der Waals surface area contributed by atoms with Crippen molar-refractivity contribution in [3.8, 4) is 0 Å². The van der Waals surface area contributed by atoms with Crippen LogP contribution in [0.5, 0.6) is 0 Å². The van der Waals surface area contributed by atoms with Crippen LogP contribution in [0.1, 0.15) is 39.2 Å². The lowest BCUT2D eigenvalue weighted by Gasteiger charge is -2.28. The van der Waals surface area contributed by atoms with E-state index in [-0.39, 0.29) is 17.4 Å². The van der Waals surface area contributed by atoms with E-state index in [1.807, 2.05) is 25.1 Å². The quantitative estimate of drug-likeness (QED) is 0.793. The van der Waals surface area contributed by atoms with Crippen molar-refractivity contribution >= 4 is 5.91 Å². The van der Waals surface area contributed by atoms with E-state index in [2.05, 4.69) is 31.3 Å². The Labute approximate surface area is 116 Å². The molecular formula is C16H26N2O. The standard InChI is InChI=1S/C16H26N2O/c1-13(10-12-17)15(19)18-16(2,3)11-9-14-7-5-4-6-8-14/h4-8,13H,9-12,17H2,1-3H3,(H,18,19). The molecule has 0 aromatic heterocycles. The fourth-order valence-corrected chi connectivity index (χ4v) is 2.00. The smallest absolute Gasteiger partial charge is 0.223 e. The summed E-state index contributed by atoms with van der Waals surface area (Å²) < 4.78 is 0. The first kappa shape index (κ1) is 15.7. The molecule has 0 aliphatic heterocycles. The molecule has 0 aliphatic carbocycles. The number of benzene rings is 1. The second-order valence-corrected chi connectivity index (χ2v) is 5.84. The van der Waals surface area contributed by atoms with Gasteiger partial charge in [-0.2, -0.15) is 0 Å². The third-order valence-electron chi connectivity index (χ3n) is 3.39. The number of rotatable bonds is 7. The van der Waals surface area contributed by atoms with Gasteiger partial charge in [-0.25, -0.2) is 0 Å². The Morgan fingerprint density at radius 1 is 1.32 bits per heavy atom. The van der Waals surface area contributed by atoms with Gasteiger partial charge in [0.15, 0.2) is 0 Å². The van der Waals surface area contributed by atoms with Crippen molar-refractivity contribution in [2.45, 2.75) is 45.6 Å². The lowest BCUT2D eigenvalue weighted by molar-refractivity contribution is -0.126. The maximum Gasteiger partial charge on any atom is 0.223 e. The second kappa shape index (κ2) is 7.29. The Hall–Kier alpha value is -1.35. The summed E-state index contributed by atoms with van der Waals surface area (Å²) in [6.07, 6.45) is 2.64. The van der Waals surface area contributed by atoms with Gasteiger partial charge in [-0.05, 0) is 45.2 Å². The first-order valence-electron chi connectivity index (χ1n) is 7.00. The zero-order valence-electron chi connectivity index (χ0n) is 12.3. The summed E-state index contributed by atoms with van der Waals surface area (Å²) >= 11 is 0. The Morgan fingerprint density at radius 2 is 1.95 bits per heavy atom. The van der Waals surface area contributed by atoms with Gasteiger partial charge in [-0.1, -0.05) is 37.3 Å². The van der Waals surface area contributed by atoms with Gasteiger partial charge in [0.05, 0.1) is 0 Å². The van der Waals surface area contributed by atoms with E-state index in [1.54, 1.807) is 0 Å². The molecule has 0 saturated heterocycles. The highest BCUT2D eigenvalue weighted by Gasteiger charge is 2.22. The van der Waals surface area contributed by atoms with Crippen molar-refractivity contribution in [2.75, 3.05) is 6.54 Å². The summed E-state index contributed by atoms with van der Waals surface area (Å²) in [5, 5.41) is 3.12. The fraction of sp³-hybridized carbons (Fsp3) is 0.562. The molecule has 3 heteroatoms. The SMILES string of the molecule is CC(CCN)C(=O)NC(C)(C)CCc1ccccc1. The molecule has 0 saturated carbocycles. The van der Waals surface area contributed by atoms with Gasteiger partial charge in [0, 0.05) is 11.5 Å². The third-order valence-corrected chi connectivity index (χ3v) is 3.39. The molecule has 3 N–H and O–H groups in total. The summed E-state index contributed by atoms with van der Waals surface area (Å²) in [5.74, 6) is 0.0875. The summed E-state index contributed by atoms with van der Waals surface area (Å²) in [7, 11) is 0. The van der Waals surface area contributed by atoms with E-state index >= 15 is 0 Å². The molecule has 0 bridgehead atoms. The van der Waals surface area contributed by atoms with Gasteiger partial charge >= 0.3 is 0 Å². The predicted molar refractivity (Wildman–Crippen MR) is 79.8 cm³/mol. The monoisotopic (exact) mass is 262 g/mol. The molecular weight excluding hydrogens is 236 g/mol. The van der Waals surface area contributed by atoms with Crippen LogP contribution in [0.15, 0.2) is 30.3 Å². The average molecular weight is 262 g/mol. The molecule has 1 unspecified atom stereocenters. The molecule has 0 aliphatic rings. The highest BCUT2D eigenvalue weighted by Crippen LogP contribution is 2.15. The highest BCUT2D eigenvalue weighted by atomic mass is 16.2. The van der Waals surface area contributed by atoms with E-state index in [9.17, 15) is 4.79 Å². The minimum Gasteiger partial charge on any atom is -0.351 e. The van der Waals surface area contributed by atoms with Crippen molar-refractivity contribution in [1.82, 2.24) is 5.32 Å². The normalized spacial score (nSPS) is 13.1. The minimum absolute atomic E-state index is 0.0130. The van der Waals surface area contributed by atoms with Gasteiger partial charge < -0.3 is 11.1 Å². The van der Waals surface area contributed by atoms with Crippen molar-refractivity contribution in [1.29, 1.82) is 0 Å². The molecule has 19 heavy (non-hydrogen) atoms. The first-order valence-corrected chi connectivity index (χ1v) is 7.00. The second-order valence-electron chi connectivity index (χ2n) is 5.84. The summed E-state index contributed by atoms with van der Waals surface area (Å²) in [5.41, 5.74) is 6.61. The van der Waals surface area contributed by atoms with Crippen LogP contribution >= 0.6 is 0 Å².